The molecule has 4 atom stereocenters. The molecule has 0 spiro atoms. The van der Waals surface area contributed by atoms with Gasteiger partial charge in [0.25, 0.3) is 0 Å². The summed E-state index contributed by atoms with van der Waals surface area (Å²) in [5.74, 6) is 0.550. The van der Waals surface area contributed by atoms with Crippen molar-refractivity contribution in [1.29, 1.82) is 0 Å². The molecular weight excluding hydrogens is 204 g/mol. The Kier molecular flexibility index (Phi) is 3.17. The Morgan fingerprint density at radius 3 is 3.00 bits per heavy atom. The number of carbonyl (C=O) groups excluding carboxylic acids is 1. The summed E-state index contributed by atoms with van der Waals surface area (Å²) < 4.78 is 0. The van der Waals surface area contributed by atoms with Gasteiger partial charge in [0, 0.05) is 18.3 Å². The number of ketones is 1. The Labute approximate surface area is 96.7 Å². The second-order valence-corrected chi connectivity index (χ2v) is 5.10. The number of rotatable bonds is 2. The van der Waals surface area contributed by atoms with Crippen molar-refractivity contribution in [2.24, 2.45) is 11.8 Å². The Bertz CT molecular complexity index is 310. The lowest BCUT2D eigenvalue weighted by Crippen LogP contribution is -2.52. The van der Waals surface area contributed by atoms with Gasteiger partial charge < -0.3 is 0 Å². The standard InChI is InChI=1S/C13H20O3/c1-4-5-6-13(3)10-7-11(14)9(2)12(8-10)15-16-13/h5-6,9-10,12H,4,7-8H2,1-3H3/b6-5+. The Hall–Kier alpha value is -0.670. The Balaban J connectivity index is 2.16. The maximum absolute atomic E-state index is 11.8. The molecule has 1 aliphatic heterocycles. The topological polar surface area (TPSA) is 35.5 Å². The average molecular weight is 224 g/mol. The second kappa shape index (κ2) is 4.30. The molecule has 3 heteroatoms. The highest BCUT2D eigenvalue weighted by Gasteiger charge is 2.48. The van der Waals surface area contributed by atoms with Gasteiger partial charge in [-0.2, -0.15) is 0 Å². The molecule has 1 heterocycles. The Morgan fingerprint density at radius 2 is 2.31 bits per heavy atom. The van der Waals surface area contributed by atoms with Crippen molar-refractivity contribution in [3.05, 3.63) is 12.2 Å². The molecule has 4 unspecified atom stereocenters. The summed E-state index contributed by atoms with van der Waals surface area (Å²) in [6.45, 7) is 6.01. The molecule has 1 saturated carbocycles. The zero-order valence-corrected chi connectivity index (χ0v) is 10.2. The number of fused-ring (bicyclic) bond motifs is 2. The van der Waals surface area contributed by atoms with Gasteiger partial charge in [0.1, 0.15) is 17.5 Å². The minimum atomic E-state index is -0.428. The highest BCUT2D eigenvalue weighted by atomic mass is 17.2. The zero-order valence-electron chi connectivity index (χ0n) is 10.2. The summed E-state index contributed by atoms with van der Waals surface area (Å²) in [7, 11) is 0. The lowest BCUT2D eigenvalue weighted by atomic mass is 9.71. The van der Waals surface area contributed by atoms with E-state index < -0.39 is 5.60 Å². The van der Waals surface area contributed by atoms with Crippen LogP contribution in [0.3, 0.4) is 0 Å². The molecule has 90 valence electrons. The molecule has 2 aliphatic rings. The lowest BCUT2D eigenvalue weighted by molar-refractivity contribution is -0.415. The van der Waals surface area contributed by atoms with Crippen LogP contribution < -0.4 is 0 Å². The van der Waals surface area contributed by atoms with Gasteiger partial charge in [-0.1, -0.05) is 26.0 Å². The predicted octanol–water partition coefficient (Wildman–Crippen LogP) is 2.66. The SMILES string of the molecule is CC/C=C/C1(C)OOC2CC1CC(=O)C2C. The number of hydrogen-bond acceptors (Lipinski definition) is 3. The van der Waals surface area contributed by atoms with Crippen LogP contribution >= 0.6 is 0 Å². The van der Waals surface area contributed by atoms with Gasteiger partial charge in [0.2, 0.25) is 0 Å². The van der Waals surface area contributed by atoms with Gasteiger partial charge in [-0.25, -0.2) is 9.78 Å². The number of allylic oxidation sites excluding steroid dienone is 1. The normalized spacial score (nSPS) is 43.9. The maximum atomic E-state index is 11.8. The van der Waals surface area contributed by atoms with Crippen LogP contribution in [0.5, 0.6) is 0 Å². The molecule has 0 radical (unpaired) electrons. The highest BCUT2D eigenvalue weighted by Crippen LogP contribution is 2.42. The van der Waals surface area contributed by atoms with Crippen LogP contribution in [-0.2, 0) is 14.6 Å². The van der Waals surface area contributed by atoms with E-state index in [1.165, 1.54) is 0 Å². The van der Waals surface area contributed by atoms with Crippen LogP contribution in [0.15, 0.2) is 12.2 Å². The molecule has 2 bridgehead atoms. The third-order valence-corrected chi connectivity index (χ3v) is 3.88. The van der Waals surface area contributed by atoms with Crippen molar-refractivity contribution < 1.29 is 14.6 Å². The van der Waals surface area contributed by atoms with Crippen LogP contribution in [0.25, 0.3) is 0 Å². The monoisotopic (exact) mass is 224 g/mol. The molecule has 1 aliphatic carbocycles. The molecule has 2 rings (SSSR count). The third-order valence-electron chi connectivity index (χ3n) is 3.88. The quantitative estimate of drug-likeness (QED) is 0.534. The van der Waals surface area contributed by atoms with Crippen molar-refractivity contribution in [2.75, 3.05) is 0 Å². The van der Waals surface area contributed by atoms with E-state index >= 15 is 0 Å². The van der Waals surface area contributed by atoms with E-state index in [1.54, 1.807) is 0 Å². The first-order valence-corrected chi connectivity index (χ1v) is 6.11. The van der Waals surface area contributed by atoms with Crippen molar-refractivity contribution in [1.82, 2.24) is 0 Å². The molecule has 0 N–H and O–H groups in total. The molecule has 0 aromatic rings. The van der Waals surface area contributed by atoms with Crippen LogP contribution in [0, 0.1) is 11.8 Å². The fraction of sp³-hybridized carbons (Fsp3) is 0.769. The molecule has 3 nitrogen and oxygen atoms in total. The van der Waals surface area contributed by atoms with Crippen molar-refractivity contribution in [3.63, 3.8) is 0 Å². The molecule has 0 aromatic heterocycles. The minimum absolute atomic E-state index is 0.0176. The molecule has 2 fully saturated rings. The van der Waals surface area contributed by atoms with Gasteiger partial charge in [0.15, 0.2) is 0 Å². The van der Waals surface area contributed by atoms with Gasteiger partial charge in [-0.05, 0) is 19.8 Å². The van der Waals surface area contributed by atoms with Gasteiger partial charge in [0.05, 0.1) is 0 Å². The zero-order chi connectivity index (χ0) is 11.8. The van der Waals surface area contributed by atoms with Crippen LogP contribution in [0.4, 0.5) is 0 Å². The molecule has 0 aromatic carbocycles. The van der Waals surface area contributed by atoms with Crippen LogP contribution in [0.1, 0.15) is 40.0 Å². The van der Waals surface area contributed by atoms with E-state index in [2.05, 4.69) is 13.0 Å². The van der Waals surface area contributed by atoms with Gasteiger partial charge in [-0.3, -0.25) is 4.79 Å². The van der Waals surface area contributed by atoms with E-state index in [1.807, 2.05) is 19.9 Å². The fourth-order valence-corrected chi connectivity index (χ4v) is 2.51. The van der Waals surface area contributed by atoms with E-state index in [4.69, 9.17) is 9.78 Å². The van der Waals surface area contributed by atoms with E-state index in [9.17, 15) is 4.79 Å². The number of hydrogen-bond donors (Lipinski definition) is 0. The second-order valence-electron chi connectivity index (χ2n) is 5.10. The van der Waals surface area contributed by atoms with Gasteiger partial charge >= 0.3 is 0 Å². The van der Waals surface area contributed by atoms with E-state index in [0.29, 0.717) is 12.2 Å². The average Bonchev–Trinajstić information content (AvgIpc) is 2.27. The summed E-state index contributed by atoms with van der Waals surface area (Å²) >= 11 is 0. The number of carbonyl (C=O) groups is 1. The summed E-state index contributed by atoms with van der Waals surface area (Å²) in [5, 5.41) is 0. The fourth-order valence-electron chi connectivity index (χ4n) is 2.51. The van der Waals surface area contributed by atoms with Crippen molar-refractivity contribution >= 4 is 5.78 Å². The lowest BCUT2D eigenvalue weighted by Gasteiger charge is -2.45. The first-order valence-electron chi connectivity index (χ1n) is 6.11. The summed E-state index contributed by atoms with van der Waals surface area (Å²) in [5.41, 5.74) is -0.428. The molecule has 1 saturated heterocycles. The minimum Gasteiger partial charge on any atom is -0.299 e. The third kappa shape index (κ3) is 1.94. The first-order chi connectivity index (χ1) is 7.57. The number of Topliss-reactive ketones (excluding diaryl/α,β-unsaturated/α-hetero) is 1. The molecule has 16 heavy (non-hydrogen) atoms. The van der Waals surface area contributed by atoms with Crippen molar-refractivity contribution in [3.8, 4) is 0 Å². The molecule has 0 amide bonds. The summed E-state index contributed by atoms with van der Waals surface area (Å²) in [6.07, 6.45) is 6.58. The predicted molar refractivity (Wildman–Crippen MR) is 60.7 cm³/mol. The first kappa shape index (κ1) is 11.8. The van der Waals surface area contributed by atoms with Gasteiger partial charge in [-0.15, -0.1) is 0 Å². The summed E-state index contributed by atoms with van der Waals surface area (Å²) in [4.78, 5) is 22.7. The highest BCUT2D eigenvalue weighted by molar-refractivity contribution is 5.82. The van der Waals surface area contributed by atoms with Crippen molar-refractivity contribution in [2.45, 2.75) is 51.7 Å². The van der Waals surface area contributed by atoms with Crippen LogP contribution in [0.2, 0.25) is 0 Å². The van der Waals surface area contributed by atoms with E-state index in [-0.39, 0.29) is 17.9 Å². The van der Waals surface area contributed by atoms with E-state index in [0.717, 1.165) is 12.8 Å². The largest absolute Gasteiger partial charge is 0.299 e. The van der Waals surface area contributed by atoms with Crippen LogP contribution in [-0.4, -0.2) is 17.5 Å². The molecular formula is C13H20O3. The smallest absolute Gasteiger partial charge is 0.138 e. The summed E-state index contributed by atoms with van der Waals surface area (Å²) in [6, 6.07) is 0. The Morgan fingerprint density at radius 1 is 1.56 bits per heavy atom. The maximum Gasteiger partial charge on any atom is 0.138 e.